The third-order valence-electron chi connectivity index (χ3n) is 1.77. The predicted molar refractivity (Wildman–Crippen MR) is 54.4 cm³/mol. The van der Waals surface area contributed by atoms with E-state index in [1.54, 1.807) is 0 Å². The molecule has 1 N–H and O–H groups in total. The van der Waals surface area contributed by atoms with Crippen LogP contribution in [0.25, 0.3) is 0 Å². The summed E-state index contributed by atoms with van der Waals surface area (Å²) in [6, 6.07) is 5.73. The molecule has 1 atom stereocenters. The maximum atomic E-state index is 11.2. The Morgan fingerprint density at radius 3 is 2.92 bits per heavy atom. The zero-order valence-electron chi connectivity index (χ0n) is 5.97. The Labute approximate surface area is 86.6 Å². The van der Waals surface area contributed by atoms with Gasteiger partial charge in [-0.25, -0.2) is 0 Å². The van der Waals surface area contributed by atoms with E-state index >= 15 is 0 Å². The van der Waals surface area contributed by atoms with Crippen LogP contribution < -0.4 is 5.32 Å². The van der Waals surface area contributed by atoms with Crippen LogP contribution >= 0.6 is 31.9 Å². The predicted octanol–water partition coefficient (Wildman–Crippen LogP) is 2.84. The van der Waals surface area contributed by atoms with Gasteiger partial charge in [-0.2, -0.15) is 0 Å². The van der Waals surface area contributed by atoms with E-state index in [0.29, 0.717) is 0 Å². The number of rotatable bonds is 0. The smallest absolute Gasteiger partial charge is 0.242 e. The van der Waals surface area contributed by atoms with Gasteiger partial charge < -0.3 is 5.32 Å². The third-order valence-corrected chi connectivity index (χ3v) is 3.18. The highest BCUT2D eigenvalue weighted by molar-refractivity contribution is 9.10. The molecule has 4 heteroatoms. The first kappa shape index (κ1) is 8.26. The van der Waals surface area contributed by atoms with Gasteiger partial charge in [-0.1, -0.05) is 31.9 Å². The molecule has 0 saturated carbocycles. The number of benzene rings is 1. The summed E-state index contributed by atoms with van der Waals surface area (Å²) < 4.78 is 0.988. The van der Waals surface area contributed by atoms with Gasteiger partial charge in [0, 0.05) is 10.2 Å². The zero-order chi connectivity index (χ0) is 8.72. The van der Waals surface area contributed by atoms with Crippen molar-refractivity contribution in [3.8, 4) is 0 Å². The molecule has 0 saturated heterocycles. The second kappa shape index (κ2) is 2.85. The van der Waals surface area contributed by atoms with Crippen molar-refractivity contribution in [2.24, 2.45) is 0 Å². The van der Waals surface area contributed by atoms with Crippen molar-refractivity contribution in [3.63, 3.8) is 0 Å². The minimum Gasteiger partial charge on any atom is -0.325 e. The molecule has 0 aromatic heterocycles. The Kier molecular flexibility index (Phi) is 1.96. The van der Waals surface area contributed by atoms with Crippen molar-refractivity contribution in [2.45, 2.75) is 4.83 Å². The Morgan fingerprint density at radius 1 is 1.42 bits per heavy atom. The summed E-state index contributed by atoms with van der Waals surface area (Å²) in [4.78, 5) is 11.0. The van der Waals surface area contributed by atoms with Crippen LogP contribution in [0, 0.1) is 0 Å². The highest BCUT2D eigenvalue weighted by atomic mass is 79.9. The van der Waals surface area contributed by atoms with Crippen molar-refractivity contribution < 1.29 is 4.79 Å². The molecule has 0 radical (unpaired) electrons. The molecular formula is C8H5Br2NO. The topological polar surface area (TPSA) is 29.1 Å². The van der Waals surface area contributed by atoms with Gasteiger partial charge in [0.25, 0.3) is 0 Å². The maximum Gasteiger partial charge on any atom is 0.242 e. The summed E-state index contributed by atoms with van der Waals surface area (Å²) in [6.45, 7) is 0. The lowest BCUT2D eigenvalue weighted by molar-refractivity contribution is -0.115. The third kappa shape index (κ3) is 1.19. The van der Waals surface area contributed by atoms with E-state index in [1.807, 2.05) is 18.2 Å². The number of anilines is 1. The number of nitrogens with one attached hydrogen (secondary N) is 1. The zero-order valence-corrected chi connectivity index (χ0v) is 9.15. The molecule has 1 unspecified atom stereocenters. The molecule has 1 aliphatic rings. The number of amides is 1. The number of hydrogen-bond donors (Lipinski definition) is 1. The molecule has 1 aromatic carbocycles. The molecule has 62 valence electrons. The summed E-state index contributed by atoms with van der Waals surface area (Å²) in [7, 11) is 0. The molecule has 12 heavy (non-hydrogen) atoms. The van der Waals surface area contributed by atoms with E-state index in [1.165, 1.54) is 0 Å². The van der Waals surface area contributed by atoms with Gasteiger partial charge >= 0.3 is 0 Å². The summed E-state index contributed by atoms with van der Waals surface area (Å²) >= 11 is 6.66. The average Bonchev–Trinajstić information content (AvgIpc) is 2.31. The molecule has 0 bridgehead atoms. The van der Waals surface area contributed by atoms with E-state index in [9.17, 15) is 4.79 Å². The molecule has 1 amide bonds. The number of fused-ring (bicyclic) bond motifs is 1. The van der Waals surface area contributed by atoms with Gasteiger partial charge in [0.2, 0.25) is 5.91 Å². The second-order valence-electron chi connectivity index (χ2n) is 2.58. The van der Waals surface area contributed by atoms with E-state index in [-0.39, 0.29) is 10.7 Å². The van der Waals surface area contributed by atoms with Crippen LogP contribution in [0.3, 0.4) is 0 Å². The van der Waals surface area contributed by atoms with Gasteiger partial charge in [0.15, 0.2) is 0 Å². The summed E-state index contributed by atoms with van der Waals surface area (Å²) in [5.74, 6) is 0.00287. The molecule has 1 heterocycles. The monoisotopic (exact) mass is 289 g/mol. The Balaban J connectivity index is 2.55. The number of hydrogen-bond acceptors (Lipinski definition) is 1. The molecule has 0 fully saturated rings. The first-order valence-electron chi connectivity index (χ1n) is 3.43. The van der Waals surface area contributed by atoms with Crippen LogP contribution in [0.1, 0.15) is 10.4 Å². The Hall–Kier alpha value is -0.350. The van der Waals surface area contributed by atoms with Crippen LogP contribution in [0.2, 0.25) is 0 Å². The van der Waals surface area contributed by atoms with Gasteiger partial charge in [0.1, 0.15) is 4.83 Å². The molecule has 0 aliphatic carbocycles. The summed E-state index contributed by atoms with van der Waals surface area (Å²) in [5, 5.41) is 2.77. The lowest BCUT2D eigenvalue weighted by atomic mass is 10.2. The standard InChI is InChI=1S/C8H5Br2NO/c9-4-1-2-6-5(3-4)7(10)8(12)11-6/h1-3,7H,(H,11,12). The van der Waals surface area contributed by atoms with E-state index in [2.05, 4.69) is 37.2 Å². The van der Waals surface area contributed by atoms with Gasteiger partial charge in [-0.3, -0.25) is 4.79 Å². The molecular weight excluding hydrogens is 286 g/mol. The van der Waals surface area contributed by atoms with Crippen molar-refractivity contribution in [1.82, 2.24) is 0 Å². The fraction of sp³-hybridized carbons (Fsp3) is 0.125. The normalized spacial score (nSPS) is 20.5. The van der Waals surface area contributed by atoms with Crippen molar-refractivity contribution >= 4 is 43.5 Å². The SMILES string of the molecule is O=C1Nc2ccc(Br)cc2C1Br. The lowest BCUT2D eigenvalue weighted by Crippen LogP contribution is -2.06. The largest absolute Gasteiger partial charge is 0.325 e. The van der Waals surface area contributed by atoms with Crippen molar-refractivity contribution in [3.05, 3.63) is 28.2 Å². The number of alkyl halides is 1. The lowest BCUT2D eigenvalue weighted by Gasteiger charge is -1.98. The number of carbonyl (C=O) groups excluding carboxylic acids is 1. The van der Waals surface area contributed by atoms with Crippen LogP contribution in [-0.4, -0.2) is 5.91 Å². The minimum atomic E-state index is -0.204. The van der Waals surface area contributed by atoms with E-state index in [4.69, 9.17) is 0 Å². The average molecular weight is 291 g/mol. The Morgan fingerprint density at radius 2 is 2.17 bits per heavy atom. The van der Waals surface area contributed by atoms with Gasteiger partial charge in [0.05, 0.1) is 0 Å². The van der Waals surface area contributed by atoms with Gasteiger partial charge in [-0.15, -0.1) is 0 Å². The second-order valence-corrected chi connectivity index (χ2v) is 4.41. The van der Waals surface area contributed by atoms with E-state index in [0.717, 1.165) is 15.7 Å². The first-order valence-corrected chi connectivity index (χ1v) is 5.14. The summed E-state index contributed by atoms with van der Waals surface area (Å²) in [6.07, 6.45) is 0. The quantitative estimate of drug-likeness (QED) is 0.732. The highest BCUT2D eigenvalue weighted by Crippen LogP contribution is 2.37. The molecule has 1 aromatic rings. The van der Waals surface area contributed by atoms with Crippen LogP contribution in [0.5, 0.6) is 0 Å². The van der Waals surface area contributed by atoms with Crippen LogP contribution in [-0.2, 0) is 4.79 Å². The van der Waals surface area contributed by atoms with E-state index < -0.39 is 0 Å². The molecule has 2 nitrogen and oxygen atoms in total. The van der Waals surface area contributed by atoms with Gasteiger partial charge in [-0.05, 0) is 23.8 Å². The number of carbonyl (C=O) groups is 1. The van der Waals surface area contributed by atoms with Crippen molar-refractivity contribution in [1.29, 1.82) is 0 Å². The number of halogens is 2. The highest BCUT2D eigenvalue weighted by Gasteiger charge is 2.27. The van der Waals surface area contributed by atoms with Crippen LogP contribution in [0.4, 0.5) is 5.69 Å². The first-order chi connectivity index (χ1) is 5.68. The van der Waals surface area contributed by atoms with Crippen molar-refractivity contribution in [2.75, 3.05) is 5.32 Å². The molecule has 0 spiro atoms. The van der Waals surface area contributed by atoms with Crippen LogP contribution in [0.15, 0.2) is 22.7 Å². The minimum absolute atomic E-state index is 0.00287. The maximum absolute atomic E-state index is 11.2. The fourth-order valence-corrected chi connectivity index (χ4v) is 2.07. The molecule has 2 rings (SSSR count). The summed E-state index contributed by atoms with van der Waals surface area (Å²) in [5.41, 5.74) is 1.89. The fourth-order valence-electron chi connectivity index (χ4n) is 1.19. The molecule has 1 aliphatic heterocycles. The Bertz CT molecular complexity index is 351.